The zero-order chi connectivity index (χ0) is 18.2. The molecule has 0 aliphatic heterocycles. The minimum absolute atomic E-state index is 0.234. The summed E-state index contributed by atoms with van der Waals surface area (Å²) in [5.41, 5.74) is 0. The van der Waals surface area contributed by atoms with Crippen LogP contribution in [-0.4, -0.2) is 42.0 Å². The standard InChI is InChI=1S/C25H42NP/c1-26(2)4-3-5-27(24-12-18-6-19(13-24)8-20(7-18)14-24)25-15-21-9-22(16-25)11-23(10-21)17-25/h18-23H,3-17H2,1-2H3. The SMILES string of the molecule is CN(C)CCCP(C12CC3CC(CC(C3)C1)C2)C12CC3CC(CC(C3)C1)C2. The average Bonchev–Trinajstić information content (AvgIpc) is 2.55. The van der Waals surface area contributed by atoms with Crippen LogP contribution in [0.25, 0.3) is 0 Å². The summed E-state index contributed by atoms with van der Waals surface area (Å²) >= 11 is 0. The molecule has 0 amide bonds. The first-order chi connectivity index (χ1) is 13.0. The fourth-order valence-electron chi connectivity index (χ4n) is 10.3. The van der Waals surface area contributed by atoms with Gasteiger partial charge >= 0.3 is 0 Å². The molecule has 8 saturated carbocycles. The molecule has 0 N–H and O–H groups in total. The van der Waals surface area contributed by atoms with Crippen LogP contribution in [0.1, 0.15) is 83.5 Å². The van der Waals surface area contributed by atoms with E-state index in [9.17, 15) is 0 Å². The lowest BCUT2D eigenvalue weighted by Crippen LogP contribution is -2.57. The molecular formula is C25H42NP. The molecule has 0 aromatic rings. The van der Waals surface area contributed by atoms with Gasteiger partial charge in [-0.25, -0.2) is 0 Å². The van der Waals surface area contributed by atoms with Gasteiger partial charge in [-0.2, -0.15) is 0 Å². The van der Waals surface area contributed by atoms with Gasteiger partial charge in [-0.1, -0.05) is 7.92 Å². The smallest absolute Gasteiger partial charge is 0.00215 e. The fraction of sp³-hybridized carbons (Fsp3) is 1.00. The molecule has 8 rings (SSSR count). The van der Waals surface area contributed by atoms with Crippen molar-refractivity contribution in [3.05, 3.63) is 0 Å². The van der Waals surface area contributed by atoms with Crippen molar-refractivity contribution in [2.75, 3.05) is 26.8 Å². The summed E-state index contributed by atoms with van der Waals surface area (Å²) in [5.74, 6) is 6.86. The predicted molar refractivity (Wildman–Crippen MR) is 117 cm³/mol. The highest BCUT2D eigenvalue weighted by molar-refractivity contribution is 7.61. The van der Waals surface area contributed by atoms with Gasteiger partial charge in [0.15, 0.2) is 0 Å². The van der Waals surface area contributed by atoms with E-state index < -0.39 is 0 Å². The molecule has 1 nitrogen and oxygen atoms in total. The molecule has 152 valence electrons. The average molecular weight is 388 g/mol. The Bertz CT molecular complexity index is 466. The van der Waals surface area contributed by atoms with Gasteiger partial charge in [0.1, 0.15) is 0 Å². The van der Waals surface area contributed by atoms with Gasteiger partial charge in [0.2, 0.25) is 0 Å². The second-order valence-electron chi connectivity index (χ2n) is 12.6. The van der Waals surface area contributed by atoms with Gasteiger partial charge in [0.25, 0.3) is 0 Å². The Kier molecular flexibility index (Phi) is 4.34. The zero-order valence-electron chi connectivity index (χ0n) is 18.0. The van der Waals surface area contributed by atoms with Crippen molar-refractivity contribution in [1.29, 1.82) is 0 Å². The van der Waals surface area contributed by atoms with E-state index in [1.807, 2.05) is 0 Å². The first kappa shape index (κ1) is 18.2. The maximum Gasteiger partial charge on any atom is -0.00215 e. The lowest BCUT2D eigenvalue weighted by atomic mass is 9.55. The monoisotopic (exact) mass is 387 g/mol. The van der Waals surface area contributed by atoms with Crippen LogP contribution in [0.4, 0.5) is 0 Å². The van der Waals surface area contributed by atoms with Crippen LogP contribution in [0.5, 0.6) is 0 Å². The summed E-state index contributed by atoms with van der Waals surface area (Å²) in [7, 11) is 4.81. The molecule has 27 heavy (non-hydrogen) atoms. The number of nitrogens with zero attached hydrogens (tertiary/aromatic N) is 1. The molecule has 0 aromatic heterocycles. The van der Waals surface area contributed by atoms with Crippen LogP contribution in [0.15, 0.2) is 0 Å². The highest BCUT2D eigenvalue weighted by Crippen LogP contribution is 2.78. The predicted octanol–water partition coefficient (Wildman–Crippen LogP) is 6.36. The van der Waals surface area contributed by atoms with E-state index in [2.05, 4.69) is 19.0 Å². The lowest BCUT2D eigenvalue weighted by molar-refractivity contribution is 0.0185. The third-order valence-corrected chi connectivity index (χ3v) is 14.3. The topological polar surface area (TPSA) is 3.24 Å². The van der Waals surface area contributed by atoms with Gasteiger partial charge in [0, 0.05) is 0 Å². The summed E-state index contributed by atoms with van der Waals surface area (Å²) < 4.78 is 0. The summed E-state index contributed by atoms with van der Waals surface area (Å²) in [5, 5.41) is 1.70. The quantitative estimate of drug-likeness (QED) is 0.479. The third kappa shape index (κ3) is 3.00. The Hall–Kier alpha value is 0.390. The van der Waals surface area contributed by atoms with Gasteiger partial charge < -0.3 is 4.90 Å². The molecule has 0 aromatic carbocycles. The first-order valence-electron chi connectivity index (χ1n) is 12.4. The van der Waals surface area contributed by atoms with Crippen molar-refractivity contribution < 1.29 is 0 Å². The zero-order valence-corrected chi connectivity index (χ0v) is 18.9. The fourth-order valence-corrected chi connectivity index (χ4v) is 15.6. The highest BCUT2D eigenvalue weighted by Gasteiger charge is 2.62. The summed E-state index contributed by atoms with van der Waals surface area (Å²) in [6.07, 6.45) is 22.9. The van der Waals surface area contributed by atoms with Crippen molar-refractivity contribution in [2.45, 2.75) is 93.8 Å². The van der Waals surface area contributed by atoms with Crippen LogP contribution < -0.4 is 0 Å². The molecule has 0 atom stereocenters. The van der Waals surface area contributed by atoms with Gasteiger partial charge in [0.05, 0.1) is 0 Å². The molecule has 2 heteroatoms. The van der Waals surface area contributed by atoms with Gasteiger partial charge in [-0.15, -0.1) is 0 Å². The Morgan fingerprint density at radius 1 is 0.630 bits per heavy atom. The van der Waals surface area contributed by atoms with E-state index in [0.29, 0.717) is 0 Å². The van der Waals surface area contributed by atoms with E-state index in [-0.39, 0.29) is 7.92 Å². The second kappa shape index (κ2) is 6.44. The summed E-state index contributed by atoms with van der Waals surface area (Å²) in [4.78, 5) is 2.45. The molecule has 0 spiro atoms. The maximum absolute atomic E-state index is 2.45. The van der Waals surface area contributed by atoms with Crippen molar-refractivity contribution in [3.63, 3.8) is 0 Å². The normalized spacial score (nSPS) is 53.4. The Morgan fingerprint density at radius 3 is 1.26 bits per heavy atom. The third-order valence-electron chi connectivity index (χ3n) is 10.1. The molecule has 8 fully saturated rings. The van der Waals surface area contributed by atoms with Crippen LogP contribution in [0, 0.1) is 35.5 Å². The minimum atomic E-state index is 0.234. The van der Waals surface area contributed by atoms with Gasteiger partial charge in [-0.3, -0.25) is 0 Å². The Balaban J connectivity index is 1.33. The Morgan fingerprint density at radius 2 is 0.963 bits per heavy atom. The number of rotatable bonds is 6. The van der Waals surface area contributed by atoms with Crippen LogP contribution in [-0.2, 0) is 0 Å². The molecule has 8 aliphatic rings. The molecular weight excluding hydrogens is 345 g/mol. The van der Waals surface area contributed by atoms with Crippen molar-refractivity contribution in [2.24, 2.45) is 35.5 Å². The lowest BCUT2D eigenvalue weighted by Gasteiger charge is -2.67. The molecule has 0 unspecified atom stereocenters. The van der Waals surface area contributed by atoms with Gasteiger partial charge in [-0.05, 0) is 156 Å². The van der Waals surface area contributed by atoms with Crippen LogP contribution in [0.3, 0.4) is 0 Å². The van der Waals surface area contributed by atoms with E-state index >= 15 is 0 Å². The molecule has 8 bridgehead atoms. The molecule has 8 aliphatic carbocycles. The molecule has 0 heterocycles. The van der Waals surface area contributed by atoms with Crippen molar-refractivity contribution >= 4 is 7.92 Å². The first-order valence-corrected chi connectivity index (χ1v) is 14.0. The summed E-state index contributed by atoms with van der Waals surface area (Å²) in [6, 6.07) is 0. The number of hydrogen-bond donors (Lipinski definition) is 0. The van der Waals surface area contributed by atoms with E-state index in [1.165, 1.54) is 13.0 Å². The van der Waals surface area contributed by atoms with Crippen molar-refractivity contribution in [3.8, 4) is 0 Å². The van der Waals surface area contributed by atoms with Crippen LogP contribution in [0.2, 0.25) is 0 Å². The maximum atomic E-state index is 2.45. The summed E-state index contributed by atoms with van der Waals surface area (Å²) in [6.45, 7) is 1.33. The largest absolute Gasteiger partial charge is 0.309 e. The Labute approximate surface area is 169 Å². The van der Waals surface area contributed by atoms with Crippen molar-refractivity contribution in [1.82, 2.24) is 4.90 Å². The molecule has 0 saturated heterocycles. The van der Waals surface area contributed by atoms with E-state index in [0.717, 1.165) is 45.8 Å². The van der Waals surface area contributed by atoms with E-state index in [4.69, 9.17) is 0 Å². The second-order valence-corrected chi connectivity index (χ2v) is 15.8. The number of hydrogen-bond acceptors (Lipinski definition) is 1. The van der Waals surface area contributed by atoms with Crippen LogP contribution >= 0.6 is 7.92 Å². The minimum Gasteiger partial charge on any atom is -0.309 e. The highest BCUT2D eigenvalue weighted by atomic mass is 31.1. The molecule has 0 radical (unpaired) electrons. The van der Waals surface area contributed by atoms with E-state index in [1.54, 1.807) is 83.2 Å².